The van der Waals surface area contributed by atoms with Crippen molar-refractivity contribution < 1.29 is 9.66 Å². The van der Waals surface area contributed by atoms with Crippen LogP contribution in [0.1, 0.15) is 5.56 Å². The number of nitrogens with zero attached hydrogens (tertiary/aromatic N) is 7. The molecule has 0 saturated heterocycles. The molecule has 11 heteroatoms. The molecule has 10 nitrogen and oxygen atoms in total. The number of aryl methyl sites for hydroxylation is 1. The Morgan fingerprint density at radius 1 is 1.32 bits per heavy atom. The molecule has 0 aliphatic heterocycles. The lowest BCUT2D eigenvalue weighted by Crippen LogP contribution is -2.04. The molecule has 1 aromatic carbocycles. The summed E-state index contributed by atoms with van der Waals surface area (Å²) in [6, 6.07) is 6.28. The third-order valence-electron chi connectivity index (χ3n) is 3.44. The number of aromatic nitrogens is 4. The molecule has 2 aromatic heterocycles. The van der Waals surface area contributed by atoms with Crippen LogP contribution < -0.4 is 4.74 Å². The molecule has 2 radical (unpaired) electrons. The number of fused-ring (bicyclic) bond motifs is 1. The van der Waals surface area contributed by atoms with Crippen molar-refractivity contribution in [3.8, 4) is 5.88 Å². The van der Waals surface area contributed by atoms with Crippen LogP contribution in [-0.4, -0.2) is 39.0 Å². The van der Waals surface area contributed by atoms with E-state index in [-0.39, 0.29) is 17.5 Å². The molecule has 25 heavy (non-hydrogen) atoms. The van der Waals surface area contributed by atoms with Gasteiger partial charge >= 0.3 is 0 Å². The summed E-state index contributed by atoms with van der Waals surface area (Å²) >= 11 is 0. The van der Waals surface area contributed by atoms with E-state index < -0.39 is 4.92 Å². The van der Waals surface area contributed by atoms with E-state index >= 15 is 0 Å². The number of hydrogen-bond donors (Lipinski definition) is 0. The highest BCUT2D eigenvalue weighted by molar-refractivity contribution is 6.04. The molecule has 0 bridgehead atoms. The lowest BCUT2D eigenvalue weighted by Gasteiger charge is -2.06. The Bertz CT molecular complexity index is 939. The van der Waals surface area contributed by atoms with Gasteiger partial charge in [0.15, 0.2) is 11.2 Å². The molecule has 0 aliphatic rings. The molecule has 0 spiro atoms. The highest BCUT2D eigenvalue weighted by Gasteiger charge is 2.13. The minimum Gasteiger partial charge on any atom is -0.476 e. The minimum absolute atomic E-state index is 0.0486. The summed E-state index contributed by atoms with van der Waals surface area (Å²) in [5, 5.41) is 17.5. The third kappa shape index (κ3) is 3.60. The summed E-state index contributed by atoms with van der Waals surface area (Å²) in [6.07, 6.45) is 2.13. The van der Waals surface area contributed by atoms with Gasteiger partial charge in [-0.25, -0.2) is 4.98 Å². The summed E-state index contributed by atoms with van der Waals surface area (Å²) in [6.45, 7) is 0.305. The molecular weight excluding hydrogens is 325 g/mol. The number of rotatable bonds is 6. The van der Waals surface area contributed by atoms with Crippen molar-refractivity contribution >= 4 is 30.8 Å². The van der Waals surface area contributed by atoms with Crippen molar-refractivity contribution in [3.63, 3.8) is 0 Å². The number of benzene rings is 1. The zero-order chi connectivity index (χ0) is 17.8. The normalized spacial score (nSPS) is 11.2. The number of hydrogen-bond acceptors (Lipinski definition) is 8. The first-order chi connectivity index (χ1) is 12.1. The van der Waals surface area contributed by atoms with Crippen molar-refractivity contribution in [2.45, 2.75) is 6.42 Å². The Morgan fingerprint density at radius 3 is 2.76 bits per heavy atom. The Balaban J connectivity index is 1.75. The second-order valence-corrected chi connectivity index (χ2v) is 5.09. The van der Waals surface area contributed by atoms with Crippen LogP contribution in [0.5, 0.6) is 5.88 Å². The lowest BCUT2D eigenvalue weighted by molar-refractivity contribution is -0.384. The maximum atomic E-state index is 10.7. The maximum Gasteiger partial charge on any atom is 0.293 e. The minimum atomic E-state index is -0.438. The average Bonchev–Trinajstić information content (AvgIpc) is 2.97. The molecule has 0 fully saturated rings. The van der Waals surface area contributed by atoms with Crippen molar-refractivity contribution in [1.82, 2.24) is 19.5 Å². The molecule has 0 N–H and O–H groups in total. The van der Waals surface area contributed by atoms with E-state index in [1.54, 1.807) is 30.1 Å². The zero-order valence-corrected chi connectivity index (χ0v) is 13.2. The second-order valence-electron chi connectivity index (χ2n) is 5.09. The molecule has 3 rings (SSSR count). The van der Waals surface area contributed by atoms with Crippen LogP contribution in [0.15, 0.2) is 40.7 Å². The van der Waals surface area contributed by atoms with Gasteiger partial charge in [-0.1, -0.05) is 12.1 Å². The van der Waals surface area contributed by atoms with Crippen LogP contribution in [0.4, 0.5) is 11.6 Å². The standard InChI is InChI=1S/C14H12BN7O3/c1-21-8-16-11-12(21)17-14(19-20-15)18-13(11)25-7-6-9-2-4-10(5-3-9)22(23)24/h2-5,8H,6-7H2,1H3. The molecule has 0 saturated carbocycles. The summed E-state index contributed by atoms with van der Waals surface area (Å²) < 4.78 is 7.40. The van der Waals surface area contributed by atoms with Gasteiger partial charge in [0, 0.05) is 25.6 Å². The highest BCUT2D eigenvalue weighted by Crippen LogP contribution is 2.23. The van der Waals surface area contributed by atoms with Gasteiger partial charge in [0.05, 0.1) is 17.9 Å². The van der Waals surface area contributed by atoms with Crippen LogP contribution in [0.3, 0.4) is 0 Å². The maximum absolute atomic E-state index is 10.7. The summed E-state index contributed by atoms with van der Waals surface area (Å²) in [4.78, 5) is 22.7. The number of ether oxygens (including phenoxy) is 1. The average molecular weight is 337 g/mol. The quantitative estimate of drug-likeness (QED) is 0.294. The van der Waals surface area contributed by atoms with E-state index in [0.29, 0.717) is 24.2 Å². The molecule has 3 aromatic rings. The topological polar surface area (TPSA) is 121 Å². The van der Waals surface area contributed by atoms with Crippen molar-refractivity contribution in [2.24, 2.45) is 17.2 Å². The van der Waals surface area contributed by atoms with Crippen LogP contribution in [-0.2, 0) is 13.5 Å². The van der Waals surface area contributed by atoms with Crippen LogP contribution in [0, 0.1) is 10.1 Å². The van der Waals surface area contributed by atoms with E-state index in [2.05, 4.69) is 25.1 Å². The monoisotopic (exact) mass is 337 g/mol. The first-order valence-electron chi connectivity index (χ1n) is 7.24. The Morgan fingerprint density at radius 2 is 2.08 bits per heavy atom. The SMILES string of the molecule is [B]N=Nc1nc(OCCc2ccc([N+](=O)[O-])cc2)c2ncn(C)c2n1. The van der Waals surface area contributed by atoms with Crippen molar-refractivity contribution in [3.05, 3.63) is 46.3 Å². The summed E-state index contributed by atoms with van der Waals surface area (Å²) in [5.41, 5.74) is 2.00. The molecule has 0 unspecified atom stereocenters. The lowest BCUT2D eigenvalue weighted by atomic mass is 10.1. The molecular formula is C14H12BN7O3. The Kier molecular flexibility index (Phi) is 4.64. The first kappa shape index (κ1) is 16.5. The predicted molar refractivity (Wildman–Crippen MR) is 88.9 cm³/mol. The van der Waals surface area contributed by atoms with Gasteiger partial charge in [0.2, 0.25) is 5.88 Å². The predicted octanol–water partition coefficient (Wildman–Crippen LogP) is 2.06. The fourth-order valence-electron chi connectivity index (χ4n) is 2.22. The second kappa shape index (κ2) is 7.03. The fraction of sp³-hybridized carbons (Fsp3) is 0.214. The van der Waals surface area contributed by atoms with Crippen LogP contribution in [0.25, 0.3) is 11.2 Å². The number of imidazole rings is 1. The Labute approximate surface area is 143 Å². The molecule has 0 amide bonds. The van der Waals surface area contributed by atoms with E-state index in [1.807, 2.05) is 0 Å². The largest absolute Gasteiger partial charge is 0.476 e. The summed E-state index contributed by atoms with van der Waals surface area (Å²) in [7, 11) is 6.83. The molecule has 0 aliphatic carbocycles. The van der Waals surface area contributed by atoms with Crippen molar-refractivity contribution in [2.75, 3.05) is 6.61 Å². The van der Waals surface area contributed by atoms with Gasteiger partial charge in [-0.15, -0.1) is 5.11 Å². The number of nitro benzene ring substituents is 1. The van der Waals surface area contributed by atoms with E-state index in [4.69, 9.17) is 12.7 Å². The highest BCUT2D eigenvalue weighted by atomic mass is 16.6. The van der Waals surface area contributed by atoms with Gasteiger partial charge in [0.1, 0.15) is 0 Å². The van der Waals surface area contributed by atoms with Crippen LogP contribution in [0.2, 0.25) is 0 Å². The fourth-order valence-corrected chi connectivity index (χ4v) is 2.22. The Hall–Kier alpha value is -3.37. The summed E-state index contributed by atoms with van der Waals surface area (Å²) in [5.74, 6) is 0.346. The van der Waals surface area contributed by atoms with E-state index in [1.165, 1.54) is 12.1 Å². The van der Waals surface area contributed by atoms with E-state index in [0.717, 1.165) is 5.56 Å². The van der Waals surface area contributed by atoms with Gasteiger partial charge < -0.3 is 9.30 Å². The first-order valence-corrected chi connectivity index (χ1v) is 7.24. The van der Waals surface area contributed by atoms with E-state index in [9.17, 15) is 10.1 Å². The van der Waals surface area contributed by atoms with Gasteiger partial charge in [0.25, 0.3) is 19.6 Å². The van der Waals surface area contributed by atoms with Crippen molar-refractivity contribution in [1.29, 1.82) is 0 Å². The smallest absolute Gasteiger partial charge is 0.293 e. The third-order valence-corrected chi connectivity index (χ3v) is 3.44. The zero-order valence-electron chi connectivity index (χ0n) is 13.2. The molecule has 0 atom stereocenters. The number of non-ortho nitro benzene ring substituents is 1. The molecule has 2 heterocycles. The van der Waals surface area contributed by atoms with Crippen LogP contribution >= 0.6 is 0 Å². The van der Waals surface area contributed by atoms with Gasteiger partial charge in [-0.3, -0.25) is 15.1 Å². The van der Waals surface area contributed by atoms with Gasteiger partial charge in [-0.2, -0.15) is 9.97 Å². The molecule has 124 valence electrons. The van der Waals surface area contributed by atoms with Gasteiger partial charge in [-0.05, 0) is 5.56 Å². The number of nitro groups is 1.